The molecule has 1 aromatic heterocycles. The summed E-state index contributed by atoms with van der Waals surface area (Å²) in [7, 11) is 3.20. The van der Waals surface area contributed by atoms with Crippen LogP contribution in [0.5, 0.6) is 11.5 Å². The van der Waals surface area contributed by atoms with Crippen LogP contribution in [0, 0.1) is 3.82 Å². The Bertz CT molecular complexity index is 1660. The summed E-state index contributed by atoms with van der Waals surface area (Å²) in [4.78, 5) is 26.5. The van der Waals surface area contributed by atoms with E-state index in [0.717, 1.165) is 37.0 Å². The van der Waals surface area contributed by atoms with Gasteiger partial charge < -0.3 is 9.47 Å². The number of aryl methyl sites for hydroxylation is 1. The predicted molar refractivity (Wildman–Crippen MR) is 157 cm³/mol. The molecule has 0 saturated carbocycles. The number of benzene rings is 4. The zero-order valence-electron chi connectivity index (χ0n) is 20.8. The number of esters is 2. The van der Waals surface area contributed by atoms with Crippen LogP contribution < -0.4 is 9.47 Å². The average molecular weight is 557 g/mol. The average Bonchev–Trinajstić information content (AvgIpc) is 3.38. The lowest BCUT2D eigenvalue weighted by Crippen LogP contribution is -2.16. The van der Waals surface area contributed by atoms with Gasteiger partial charge in [-0.05, 0) is 95.4 Å². The van der Waals surface area contributed by atoms with Crippen LogP contribution in [0.1, 0.15) is 41.3 Å². The number of ether oxygens (including phenoxy) is 2. The smallest absolute Gasteiger partial charge is 0.343 e. The zero-order chi connectivity index (χ0) is 26.6. The summed E-state index contributed by atoms with van der Waals surface area (Å²) >= 11 is 5.21. The third kappa shape index (κ3) is 5.91. The second-order valence-electron chi connectivity index (χ2n) is 8.87. The van der Waals surface area contributed by atoms with E-state index >= 15 is 0 Å². The van der Waals surface area contributed by atoms with Gasteiger partial charge in [-0.15, -0.1) is 0 Å². The first-order valence-electron chi connectivity index (χ1n) is 12.2. The Hall–Kier alpha value is -3.65. The second kappa shape index (κ2) is 11.4. The minimum Gasteiger partial charge on any atom is -0.426 e. The van der Waals surface area contributed by atoms with E-state index in [1.807, 2.05) is 67.6 Å². The van der Waals surface area contributed by atoms with E-state index < -0.39 is 11.9 Å². The molecule has 1 atom stereocenters. The molecular weight excluding hydrogens is 533 g/mol. The summed E-state index contributed by atoms with van der Waals surface area (Å²) in [6.07, 6.45) is 0.915. The van der Waals surface area contributed by atoms with Crippen LogP contribution in [0.4, 0.5) is 0 Å². The highest BCUT2D eigenvalue weighted by Crippen LogP contribution is 2.31. The van der Waals surface area contributed by atoms with Crippen LogP contribution >= 0.6 is 32.9 Å². The van der Waals surface area contributed by atoms with Crippen molar-refractivity contribution in [3.63, 3.8) is 0 Å². The first-order chi connectivity index (χ1) is 18.4. The Labute approximate surface area is 233 Å². The summed E-state index contributed by atoms with van der Waals surface area (Å²) in [5.41, 5.74) is 3.57. The molecule has 5 aromatic rings. The molecule has 4 nitrogen and oxygen atoms in total. The molecule has 0 unspecified atom stereocenters. The predicted octanol–water partition coefficient (Wildman–Crippen LogP) is 8.85. The van der Waals surface area contributed by atoms with Crippen LogP contribution in [0.2, 0.25) is 0 Å². The van der Waals surface area contributed by atoms with Crippen molar-refractivity contribution < 1.29 is 19.1 Å². The van der Waals surface area contributed by atoms with E-state index in [0.29, 0.717) is 17.1 Å². The summed E-state index contributed by atoms with van der Waals surface area (Å²) < 4.78 is 12.1. The lowest BCUT2D eigenvalue weighted by Gasteiger charge is -2.13. The standard InChI is InChI=1S/C31H24O4S3/c1-3-20-4-6-22(7-5-20)31(33)35-27-15-12-24-16-23(8-9-25(24)17-27)19(2)30(32)34-26-13-10-21(11-14-26)28-18-29(36)38-37-28/h4-19H,3H2,1-2H3/t19-/m0/s1. The van der Waals surface area contributed by atoms with Crippen LogP contribution in [0.25, 0.3) is 21.2 Å². The molecule has 0 aliphatic heterocycles. The highest BCUT2D eigenvalue weighted by molar-refractivity contribution is 7.80. The van der Waals surface area contributed by atoms with Gasteiger partial charge in [-0.2, -0.15) is 0 Å². The SMILES string of the molecule is CCc1ccc(C(=O)Oc2ccc3cc([C@H](C)C(=O)Oc4ccc(-c5cc(=S)ss5)cc4)ccc3c2)cc1. The zero-order valence-corrected chi connectivity index (χ0v) is 23.3. The van der Waals surface area contributed by atoms with Gasteiger partial charge in [0.05, 0.1) is 11.5 Å². The summed E-state index contributed by atoms with van der Waals surface area (Å²) in [5.74, 6) is -0.208. The summed E-state index contributed by atoms with van der Waals surface area (Å²) in [6, 6.07) is 28.1. The van der Waals surface area contributed by atoms with Crippen molar-refractivity contribution in [1.29, 1.82) is 0 Å². The van der Waals surface area contributed by atoms with Crippen LogP contribution in [-0.2, 0) is 11.2 Å². The van der Waals surface area contributed by atoms with E-state index in [4.69, 9.17) is 21.7 Å². The van der Waals surface area contributed by atoms with Gasteiger partial charge in [-0.3, -0.25) is 4.79 Å². The topological polar surface area (TPSA) is 52.6 Å². The molecule has 0 N–H and O–H groups in total. The Morgan fingerprint density at radius 3 is 2.16 bits per heavy atom. The second-order valence-corrected chi connectivity index (χ2v) is 11.8. The van der Waals surface area contributed by atoms with E-state index in [1.54, 1.807) is 51.0 Å². The minimum atomic E-state index is -0.454. The molecule has 4 aromatic carbocycles. The maximum atomic E-state index is 12.9. The lowest BCUT2D eigenvalue weighted by atomic mass is 9.98. The van der Waals surface area contributed by atoms with Crippen molar-refractivity contribution in [3.05, 3.63) is 112 Å². The molecule has 0 aliphatic carbocycles. The lowest BCUT2D eigenvalue weighted by molar-refractivity contribution is -0.135. The third-order valence-electron chi connectivity index (χ3n) is 6.32. The van der Waals surface area contributed by atoms with Crippen molar-refractivity contribution >= 4 is 55.6 Å². The van der Waals surface area contributed by atoms with Crippen molar-refractivity contribution in [2.45, 2.75) is 26.2 Å². The number of fused-ring (bicyclic) bond motifs is 1. The Balaban J connectivity index is 1.25. The molecule has 0 fully saturated rings. The quantitative estimate of drug-likeness (QED) is 0.0867. The molecule has 190 valence electrons. The number of hydrogen-bond acceptors (Lipinski definition) is 7. The molecule has 5 rings (SSSR count). The highest BCUT2D eigenvalue weighted by Gasteiger charge is 2.18. The van der Waals surface area contributed by atoms with E-state index in [2.05, 4.69) is 6.92 Å². The molecule has 0 bridgehead atoms. The molecule has 0 aliphatic rings. The molecule has 38 heavy (non-hydrogen) atoms. The summed E-state index contributed by atoms with van der Waals surface area (Å²) in [6.45, 7) is 3.90. The van der Waals surface area contributed by atoms with Crippen LogP contribution in [0.3, 0.4) is 0 Å². The van der Waals surface area contributed by atoms with Gasteiger partial charge in [0, 0.05) is 4.88 Å². The van der Waals surface area contributed by atoms with Gasteiger partial charge >= 0.3 is 11.9 Å². The van der Waals surface area contributed by atoms with Gasteiger partial charge in [-0.1, -0.05) is 76.2 Å². The fraction of sp³-hybridized carbons (Fsp3) is 0.129. The Kier molecular flexibility index (Phi) is 7.79. The van der Waals surface area contributed by atoms with Gasteiger partial charge in [0.2, 0.25) is 0 Å². The van der Waals surface area contributed by atoms with Crippen LogP contribution in [0.15, 0.2) is 91.0 Å². The Morgan fingerprint density at radius 1 is 0.789 bits per heavy atom. The van der Waals surface area contributed by atoms with Crippen molar-refractivity contribution in [3.8, 4) is 21.9 Å². The largest absolute Gasteiger partial charge is 0.426 e. The van der Waals surface area contributed by atoms with Crippen molar-refractivity contribution in [2.75, 3.05) is 0 Å². The molecule has 1 heterocycles. The molecule has 0 radical (unpaired) electrons. The Morgan fingerprint density at radius 2 is 1.47 bits per heavy atom. The number of rotatable bonds is 7. The van der Waals surface area contributed by atoms with Crippen molar-refractivity contribution in [2.24, 2.45) is 0 Å². The minimum absolute atomic E-state index is 0.331. The normalized spacial score (nSPS) is 11.7. The van der Waals surface area contributed by atoms with E-state index in [9.17, 15) is 9.59 Å². The van der Waals surface area contributed by atoms with Crippen molar-refractivity contribution in [1.82, 2.24) is 0 Å². The molecule has 7 heteroatoms. The molecule has 0 spiro atoms. The fourth-order valence-corrected chi connectivity index (χ4v) is 6.42. The van der Waals surface area contributed by atoms with E-state index in [1.165, 1.54) is 5.56 Å². The summed E-state index contributed by atoms with van der Waals surface area (Å²) in [5, 5.41) is 1.85. The molecule has 0 amide bonds. The van der Waals surface area contributed by atoms with Gasteiger partial charge in [0.25, 0.3) is 0 Å². The monoisotopic (exact) mass is 556 g/mol. The van der Waals surface area contributed by atoms with Gasteiger partial charge in [-0.25, -0.2) is 4.79 Å². The highest BCUT2D eigenvalue weighted by atomic mass is 32.9. The molecule has 0 saturated heterocycles. The number of hydrogen-bond donors (Lipinski definition) is 0. The molecular formula is C31H24O4S3. The van der Waals surface area contributed by atoms with Crippen LogP contribution in [-0.4, -0.2) is 11.9 Å². The van der Waals surface area contributed by atoms with Gasteiger partial charge in [0.1, 0.15) is 15.3 Å². The van der Waals surface area contributed by atoms with Gasteiger partial charge in [0.15, 0.2) is 0 Å². The number of carbonyl (C=O) groups is 2. The fourth-order valence-electron chi connectivity index (χ4n) is 4.02. The van der Waals surface area contributed by atoms with E-state index in [-0.39, 0.29) is 5.97 Å². The first-order valence-corrected chi connectivity index (χ1v) is 14.7. The first kappa shape index (κ1) is 26.0. The third-order valence-corrected chi connectivity index (χ3v) is 9.23. The maximum absolute atomic E-state index is 12.9. The number of carbonyl (C=O) groups excluding carboxylic acids is 2. The maximum Gasteiger partial charge on any atom is 0.343 e.